The van der Waals surface area contributed by atoms with Crippen LogP contribution in [0.5, 0.6) is 0 Å². The first-order valence-electron chi connectivity index (χ1n) is 5.23. The molecule has 0 spiro atoms. The molecule has 0 unspecified atom stereocenters. The highest BCUT2D eigenvalue weighted by Crippen LogP contribution is 2.20. The molecular weight excluding hydrogens is 265 g/mol. The summed E-state index contributed by atoms with van der Waals surface area (Å²) in [6.07, 6.45) is -4.34. The number of hydrogen-bond donors (Lipinski definition) is 1. The molecule has 1 N–H and O–H groups in total. The van der Waals surface area contributed by atoms with Crippen LogP contribution in [-0.4, -0.2) is 46.6 Å². The zero-order chi connectivity index (χ0) is 14.6. The Hall–Kier alpha value is -2.12. The SMILES string of the molecule is CN(CCC(F)(F)F)C(=O)c1ncccc1C(=O)O. The number of carboxylic acids is 1. The van der Waals surface area contributed by atoms with Crippen LogP contribution < -0.4 is 0 Å². The van der Waals surface area contributed by atoms with E-state index in [4.69, 9.17) is 5.11 Å². The second-order valence-electron chi connectivity index (χ2n) is 3.80. The van der Waals surface area contributed by atoms with Crippen molar-refractivity contribution in [2.75, 3.05) is 13.6 Å². The lowest BCUT2D eigenvalue weighted by molar-refractivity contribution is -0.136. The maximum atomic E-state index is 12.0. The smallest absolute Gasteiger partial charge is 0.390 e. The van der Waals surface area contributed by atoms with Crippen LogP contribution in [0.3, 0.4) is 0 Å². The molecule has 5 nitrogen and oxygen atoms in total. The van der Waals surface area contributed by atoms with Gasteiger partial charge in [-0.3, -0.25) is 9.78 Å². The summed E-state index contributed by atoms with van der Waals surface area (Å²) >= 11 is 0. The fourth-order valence-corrected chi connectivity index (χ4v) is 1.33. The van der Waals surface area contributed by atoms with Crippen molar-refractivity contribution in [2.45, 2.75) is 12.6 Å². The lowest BCUT2D eigenvalue weighted by atomic mass is 10.1. The number of pyridine rings is 1. The third-order valence-electron chi connectivity index (χ3n) is 2.32. The van der Waals surface area contributed by atoms with E-state index in [1.807, 2.05) is 0 Å². The molecule has 1 amide bonds. The van der Waals surface area contributed by atoms with E-state index in [1.54, 1.807) is 0 Å². The van der Waals surface area contributed by atoms with Gasteiger partial charge in [0, 0.05) is 19.8 Å². The molecule has 0 saturated carbocycles. The lowest BCUT2D eigenvalue weighted by Gasteiger charge is -2.18. The first kappa shape index (κ1) is 14.9. The Morgan fingerprint density at radius 3 is 2.58 bits per heavy atom. The number of rotatable bonds is 4. The highest BCUT2D eigenvalue weighted by atomic mass is 19.4. The Labute approximate surface area is 106 Å². The van der Waals surface area contributed by atoms with Crippen LogP contribution in [0.1, 0.15) is 27.3 Å². The van der Waals surface area contributed by atoms with E-state index >= 15 is 0 Å². The lowest BCUT2D eigenvalue weighted by Crippen LogP contribution is -2.32. The number of hydrogen-bond acceptors (Lipinski definition) is 3. The van der Waals surface area contributed by atoms with Crippen molar-refractivity contribution in [1.29, 1.82) is 0 Å². The van der Waals surface area contributed by atoms with Gasteiger partial charge >= 0.3 is 12.1 Å². The van der Waals surface area contributed by atoms with Gasteiger partial charge in [0.05, 0.1) is 12.0 Å². The second kappa shape index (κ2) is 5.68. The highest BCUT2D eigenvalue weighted by Gasteiger charge is 2.29. The van der Waals surface area contributed by atoms with Gasteiger partial charge < -0.3 is 10.0 Å². The van der Waals surface area contributed by atoms with Gasteiger partial charge in [-0.05, 0) is 12.1 Å². The molecule has 0 radical (unpaired) electrons. The maximum Gasteiger partial charge on any atom is 0.390 e. The Kier molecular flexibility index (Phi) is 4.47. The molecule has 104 valence electrons. The second-order valence-corrected chi connectivity index (χ2v) is 3.80. The standard InChI is InChI=1S/C11H11F3N2O3/c1-16(6-4-11(12,13)14)9(17)8-7(10(18)19)3-2-5-15-8/h2-3,5H,4,6H2,1H3,(H,18,19). The minimum Gasteiger partial charge on any atom is -0.478 e. The zero-order valence-electron chi connectivity index (χ0n) is 9.94. The van der Waals surface area contributed by atoms with Gasteiger partial charge in [0.2, 0.25) is 0 Å². The first-order valence-corrected chi connectivity index (χ1v) is 5.23. The molecule has 1 aromatic rings. The van der Waals surface area contributed by atoms with Crippen LogP contribution in [0, 0.1) is 0 Å². The number of alkyl halides is 3. The van der Waals surface area contributed by atoms with E-state index in [0.29, 0.717) is 0 Å². The fraction of sp³-hybridized carbons (Fsp3) is 0.364. The third-order valence-corrected chi connectivity index (χ3v) is 2.32. The van der Waals surface area contributed by atoms with Gasteiger partial charge in [-0.15, -0.1) is 0 Å². The number of carbonyl (C=O) groups excluding carboxylic acids is 1. The van der Waals surface area contributed by atoms with Crippen LogP contribution in [0.2, 0.25) is 0 Å². The summed E-state index contributed by atoms with van der Waals surface area (Å²) in [7, 11) is 1.16. The van der Waals surface area contributed by atoms with E-state index < -0.39 is 31.0 Å². The van der Waals surface area contributed by atoms with E-state index in [1.165, 1.54) is 18.3 Å². The Balaban J connectivity index is 2.86. The molecule has 19 heavy (non-hydrogen) atoms. The van der Waals surface area contributed by atoms with E-state index in [9.17, 15) is 22.8 Å². The largest absolute Gasteiger partial charge is 0.478 e. The Morgan fingerprint density at radius 2 is 2.05 bits per heavy atom. The van der Waals surface area contributed by atoms with Crippen molar-refractivity contribution in [2.24, 2.45) is 0 Å². The van der Waals surface area contributed by atoms with Crippen molar-refractivity contribution < 1.29 is 27.9 Å². The topological polar surface area (TPSA) is 70.5 Å². The summed E-state index contributed by atoms with van der Waals surface area (Å²) in [5.41, 5.74) is -0.717. The molecule has 0 fully saturated rings. The van der Waals surface area contributed by atoms with Gasteiger partial charge in [-0.25, -0.2) is 4.79 Å². The molecule has 1 heterocycles. The number of halogens is 3. The third kappa shape index (κ3) is 4.23. The minimum atomic E-state index is -4.38. The molecular formula is C11H11F3N2O3. The molecule has 0 atom stereocenters. The summed E-state index contributed by atoms with van der Waals surface area (Å²) in [5.74, 6) is -2.22. The molecule has 0 aliphatic carbocycles. The fourth-order valence-electron chi connectivity index (χ4n) is 1.33. The van der Waals surface area contributed by atoms with Crippen molar-refractivity contribution >= 4 is 11.9 Å². The van der Waals surface area contributed by atoms with Crippen LogP contribution in [0.15, 0.2) is 18.3 Å². The van der Waals surface area contributed by atoms with Crippen molar-refractivity contribution in [3.63, 3.8) is 0 Å². The van der Waals surface area contributed by atoms with Gasteiger partial charge in [-0.1, -0.05) is 0 Å². The number of aromatic nitrogens is 1. The van der Waals surface area contributed by atoms with Gasteiger partial charge in [0.15, 0.2) is 0 Å². The average molecular weight is 276 g/mol. The monoisotopic (exact) mass is 276 g/mol. The van der Waals surface area contributed by atoms with Crippen molar-refractivity contribution in [3.8, 4) is 0 Å². The number of carboxylic acid groups (broad SMARTS) is 1. The van der Waals surface area contributed by atoms with E-state index in [-0.39, 0.29) is 11.3 Å². The minimum absolute atomic E-state index is 0.341. The van der Waals surface area contributed by atoms with Crippen LogP contribution >= 0.6 is 0 Å². The van der Waals surface area contributed by atoms with Crippen LogP contribution in [0.4, 0.5) is 13.2 Å². The zero-order valence-corrected chi connectivity index (χ0v) is 9.94. The number of carbonyl (C=O) groups is 2. The number of aromatic carboxylic acids is 1. The quantitative estimate of drug-likeness (QED) is 0.910. The van der Waals surface area contributed by atoms with E-state index in [2.05, 4.69) is 4.98 Å². The molecule has 0 aliphatic heterocycles. The predicted octanol–water partition coefficient (Wildman–Crippen LogP) is 1.80. The molecule has 1 rings (SSSR count). The molecule has 0 saturated heterocycles. The summed E-state index contributed by atoms with van der Waals surface area (Å²) in [6.45, 7) is -0.558. The van der Waals surface area contributed by atoms with E-state index in [0.717, 1.165) is 11.9 Å². The summed E-state index contributed by atoms with van der Waals surface area (Å²) in [4.78, 5) is 27.1. The molecule has 0 aliphatic rings. The van der Waals surface area contributed by atoms with Crippen molar-refractivity contribution in [1.82, 2.24) is 9.88 Å². The normalized spacial score (nSPS) is 11.2. The molecule has 0 bridgehead atoms. The van der Waals surface area contributed by atoms with Gasteiger partial charge in [0.1, 0.15) is 5.69 Å². The summed E-state index contributed by atoms with van der Waals surface area (Å²) in [6, 6.07) is 2.50. The molecule has 0 aromatic carbocycles. The van der Waals surface area contributed by atoms with Gasteiger partial charge in [-0.2, -0.15) is 13.2 Å². The number of amides is 1. The van der Waals surface area contributed by atoms with Crippen LogP contribution in [-0.2, 0) is 0 Å². The predicted molar refractivity (Wildman–Crippen MR) is 58.8 cm³/mol. The number of nitrogens with zero attached hydrogens (tertiary/aromatic N) is 2. The summed E-state index contributed by atoms with van der Waals surface area (Å²) in [5, 5.41) is 8.86. The molecule has 8 heteroatoms. The summed E-state index contributed by atoms with van der Waals surface area (Å²) < 4.78 is 36.1. The Bertz CT molecular complexity index is 488. The van der Waals surface area contributed by atoms with Gasteiger partial charge in [0.25, 0.3) is 5.91 Å². The average Bonchev–Trinajstić information content (AvgIpc) is 2.34. The molecule has 1 aromatic heterocycles. The Morgan fingerprint density at radius 1 is 1.42 bits per heavy atom. The first-order chi connectivity index (χ1) is 8.72. The highest BCUT2D eigenvalue weighted by molar-refractivity contribution is 6.03. The van der Waals surface area contributed by atoms with Crippen molar-refractivity contribution in [3.05, 3.63) is 29.6 Å². The maximum absolute atomic E-state index is 12.0. The van der Waals surface area contributed by atoms with Crippen LogP contribution in [0.25, 0.3) is 0 Å².